The smallest absolute Gasteiger partial charge is 0.0440 e. The molecule has 24 heavy (non-hydrogen) atoms. The van der Waals surface area contributed by atoms with E-state index in [1.165, 1.54) is 33.2 Å². The van der Waals surface area contributed by atoms with Gasteiger partial charge in [-0.3, -0.25) is 0 Å². The Bertz CT molecular complexity index is 731. The Balaban J connectivity index is 2.81. The molecule has 0 radical (unpaired) electrons. The molecule has 0 spiro atoms. The molecule has 0 fully saturated rings. The van der Waals surface area contributed by atoms with E-state index in [4.69, 9.17) is 0 Å². The summed E-state index contributed by atoms with van der Waals surface area (Å²) < 4.78 is 0. The normalized spacial score (nSPS) is 12.4. The van der Waals surface area contributed by atoms with Crippen LogP contribution in [0.2, 0.25) is 0 Å². The Kier molecular flexibility index (Phi) is 5.17. The molecule has 2 heteroatoms. The van der Waals surface area contributed by atoms with Crippen molar-refractivity contribution in [2.24, 2.45) is 0 Å². The minimum absolute atomic E-state index is 0.1000. The zero-order valence-electron chi connectivity index (χ0n) is 16.5. The second-order valence-electron chi connectivity index (χ2n) is 8.86. The number of hydrogen-bond acceptors (Lipinski definition) is 1. The molecular weight excluding hydrogens is 309 g/mol. The van der Waals surface area contributed by atoms with E-state index in [0.29, 0.717) is 0 Å². The molecule has 0 aliphatic heterocycles. The van der Waals surface area contributed by atoms with Gasteiger partial charge in [0.15, 0.2) is 0 Å². The third kappa shape index (κ3) is 3.67. The van der Waals surface area contributed by atoms with Gasteiger partial charge in [0.1, 0.15) is 0 Å². The molecule has 0 aromatic heterocycles. The molecule has 0 saturated carbocycles. The molecule has 1 atom stereocenters. The van der Waals surface area contributed by atoms with Crippen molar-refractivity contribution < 1.29 is 0 Å². The van der Waals surface area contributed by atoms with Gasteiger partial charge in [-0.05, 0) is 38.9 Å². The second kappa shape index (κ2) is 6.52. The molecule has 0 saturated heterocycles. The standard InChI is InChI=1S/C22H32NP/c1-21(2,3)17-14-13-16(20(24)19(17)22(4,5)6)15-11-9-10-12-18(15)23(7)8/h9-14H,24H2,1-8H3. The molecule has 2 aromatic carbocycles. The summed E-state index contributed by atoms with van der Waals surface area (Å²) in [6, 6.07) is 13.3. The predicted octanol–water partition coefficient (Wildman–Crippen LogP) is 5.52. The van der Waals surface area contributed by atoms with Crippen molar-refractivity contribution in [2.75, 3.05) is 19.0 Å². The lowest BCUT2D eigenvalue weighted by Gasteiger charge is -2.33. The van der Waals surface area contributed by atoms with Crippen LogP contribution >= 0.6 is 9.24 Å². The van der Waals surface area contributed by atoms with Gasteiger partial charge >= 0.3 is 0 Å². The topological polar surface area (TPSA) is 3.24 Å². The third-order valence-corrected chi connectivity index (χ3v) is 5.08. The summed E-state index contributed by atoms with van der Waals surface area (Å²) in [7, 11) is 7.25. The zero-order valence-corrected chi connectivity index (χ0v) is 17.6. The van der Waals surface area contributed by atoms with E-state index in [-0.39, 0.29) is 10.8 Å². The van der Waals surface area contributed by atoms with Crippen LogP contribution in [-0.4, -0.2) is 14.1 Å². The van der Waals surface area contributed by atoms with Gasteiger partial charge in [0.05, 0.1) is 0 Å². The molecule has 130 valence electrons. The zero-order chi connectivity index (χ0) is 18.3. The van der Waals surface area contributed by atoms with E-state index in [1.807, 2.05) is 0 Å². The van der Waals surface area contributed by atoms with Crippen LogP contribution in [0.25, 0.3) is 11.1 Å². The first-order chi connectivity index (χ1) is 10.9. The van der Waals surface area contributed by atoms with E-state index < -0.39 is 0 Å². The van der Waals surface area contributed by atoms with Crippen LogP contribution in [0.1, 0.15) is 52.7 Å². The van der Waals surface area contributed by atoms with Crippen LogP contribution in [0.5, 0.6) is 0 Å². The van der Waals surface area contributed by atoms with Crippen LogP contribution in [-0.2, 0) is 10.8 Å². The highest BCUT2D eigenvalue weighted by molar-refractivity contribution is 7.28. The highest BCUT2D eigenvalue weighted by Crippen LogP contribution is 2.38. The van der Waals surface area contributed by atoms with Gasteiger partial charge in [-0.2, -0.15) is 0 Å². The van der Waals surface area contributed by atoms with Crippen LogP contribution in [0, 0.1) is 0 Å². The maximum absolute atomic E-state index is 3.03. The van der Waals surface area contributed by atoms with E-state index in [1.54, 1.807) is 0 Å². The Morgan fingerprint density at radius 1 is 0.750 bits per heavy atom. The SMILES string of the molecule is CN(C)c1ccccc1-c1ccc(C(C)(C)C)c(C(C)(C)C)c1P. The quantitative estimate of drug-likeness (QED) is 0.651. The number of hydrogen-bond donors (Lipinski definition) is 0. The first kappa shape index (κ1) is 19.0. The fraction of sp³-hybridized carbons (Fsp3) is 0.455. The van der Waals surface area contributed by atoms with Crippen molar-refractivity contribution >= 4 is 20.2 Å². The fourth-order valence-corrected chi connectivity index (χ4v) is 4.22. The van der Waals surface area contributed by atoms with Gasteiger partial charge in [-0.1, -0.05) is 71.9 Å². The minimum atomic E-state index is 0.1000. The first-order valence-corrected chi connectivity index (χ1v) is 9.22. The molecule has 0 N–H and O–H groups in total. The number of benzene rings is 2. The van der Waals surface area contributed by atoms with Crippen molar-refractivity contribution in [3.8, 4) is 11.1 Å². The van der Waals surface area contributed by atoms with Crippen molar-refractivity contribution in [3.05, 3.63) is 47.5 Å². The highest BCUT2D eigenvalue weighted by atomic mass is 31.0. The van der Waals surface area contributed by atoms with Crippen LogP contribution < -0.4 is 10.2 Å². The maximum atomic E-state index is 3.03. The summed E-state index contributed by atoms with van der Waals surface area (Å²) in [5.41, 5.74) is 6.97. The third-order valence-electron chi connectivity index (χ3n) is 4.48. The van der Waals surface area contributed by atoms with E-state index in [9.17, 15) is 0 Å². The molecule has 2 aromatic rings. The summed E-state index contributed by atoms with van der Waals surface area (Å²) >= 11 is 0. The van der Waals surface area contributed by atoms with Gasteiger partial charge in [0.2, 0.25) is 0 Å². The number of anilines is 1. The van der Waals surface area contributed by atoms with Crippen molar-refractivity contribution in [1.29, 1.82) is 0 Å². The summed E-state index contributed by atoms with van der Waals surface area (Å²) in [4.78, 5) is 2.19. The number of rotatable bonds is 2. The van der Waals surface area contributed by atoms with Crippen LogP contribution in [0.4, 0.5) is 5.69 Å². The Morgan fingerprint density at radius 2 is 1.33 bits per heavy atom. The summed E-state index contributed by atoms with van der Waals surface area (Å²) in [6.45, 7) is 13.8. The van der Waals surface area contributed by atoms with Crippen molar-refractivity contribution in [3.63, 3.8) is 0 Å². The van der Waals surface area contributed by atoms with Crippen molar-refractivity contribution in [1.82, 2.24) is 0 Å². The van der Waals surface area contributed by atoms with Gasteiger partial charge in [0, 0.05) is 25.3 Å². The van der Waals surface area contributed by atoms with Crippen molar-refractivity contribution in [2.45, 2.75) is 52.4 Å². The first-order valence-electron chi connectivity index (χ1n) is 8.64. The second-order valence-corrected chi connectivity index (χ2v) is 9.44. The number of nitrogens with zero attached hydrogens (tertiary/aromatic N) is 1. The maximum Gasteiger partial charge on any atom is 0.0440 e. The Labute approximate surface area is 150 Å². The van der Waals surface area contributed by atoms with Gasteiger partial charge in [-0.25, -0.2) is 0 Å². The van der Waals surface area contributed by atoms with Crippen LogP contribution in [0.15, 0.2) is 36.4 Å². The van der Waals surface area contributed by atoms with Gasteiger partial charge in [-0.15, -0.1) is 9.24 Å². The molecular formula is C22H32NP. The molecule has 0 aliphatic rings. The predicted molar refractivity (Wildman–Crippen MR) is 113 cm³/mol. The van der Waals surface area contributed by atoms with Gasteiger partial charge in [0.25, 0.3) is 0 Å². The minimum Gasteiger partial charge on any atom is -0.377 e. The average molecular weight is 341 g/mol. The van der Waals surface area contributed by atoms with E-state index in [0.717, 1.165) is 0 Å². The molecule has 0 amide bonds. The molecule has 0 heterocycles. The largest absolute Gasteiger partial charge is 0.377 e. The van der Waals surface area contributed by atoms with Crippen LogP contribution in [0.3, 0.4) is 0 Å². The average Bonchev–Trinajstić information content (AvgIpc) is 2.44. The Morgan fingerprint density at radius 3 is 1.83 bits per heavy atom. The molecule has 0 aliphatic carbocycles. The monoisotopic (exact) mass is 341 g/mol. The Hall–Kier alpha value is -1.33. The molecule has 1 unspecified atom stereocenters. The van der Waals surface area contributed by atoms with E-state index >= 15 is 0 Å². The fourth-order valence-electron chi connectivity index (χ4n) is 3.38. The van der Waals surface area contributed by atoms with E-state index in [2.05, 4.69) is 106 Å². The molecule has 2 rings (SSSR count). The van der Waals surface area contributed by atoms with Gasteiger partial charge < -0.3 is 4.90 Å². The lowest BCUT2D eigenvalue weighted by molar-refractivity contribution is 0.533. The highest BCUT2D eigenvalue weighted by Gasteiger charge is 2.28. The summed E-state index contributed by atoms with van der Waals surface area (Å²) in [5, 5.41) is 1.32. The summed E-state index contributed by atoms with van der Waals surface area (Å²) in [5.74, 6) is 0. The molecule has 1 nitrogen and oxygen atoms in total. The summed E-state index contributed by atoms with van der Waals surface area (Å²) in [6.07, 6.45) is 0. The lowest BCUT2D eigenvalue weighted by atomic mass is 9.74. The number of para-hydroxylation sites is 1. The lowest BCUT2D eigenvalue weighted by Crippen LogP contribution is -2.28. The molecule has 0 bridgehead atoms.